The number of alkyl halides is 3. The third-order valence-electron chi connectivity index (χ3n) is 3.66. The van der Waals surface area contributed by atoms with Crippen molar-refractivity contribution in [1.29, 1.82) is 0 Å². The number of hydrogen-bond donors (Lipinski definition) is 1. The maximum absolute atomic E-state index is 12.1. The smallest absolute Gasteiger partial charge is 0.343 e. The van der Waals surface area contributed by atoms with Gasteiger partial charge in [-0.15, -0.1) is 0 Å². The molecule has 0 fully saturated rings. The van der Waals surface area contributed by atoms with Crippen LogP contribution >= 0.6 is 0 Å². The molecule has 1 N–H and O–H groups in total. The maximum atomic E-state index is 12.1. The van der Waals surface area contributed by atoms with Gasteiger partial charge in [0, 0.05) is 12.1 Å². The monoisotopic (exact) mass is 356 g/mol. The van der Waals surface area contributed by atoms with Crippen LogP contribution in [0.15, 0.2) is 28.8 Å². The van der Waals surface area contributed by atoms with Gasteiger partial charge in [-0.25, -0.2) is 0 Å². The Morgan fingerprint density at radius 2 is 1.96 bits per heavy atom. The number of nitrogens with one attached hydrogen (secondary N) is 1. The zero-order valence-corrected chi connectivity index (χ0v) is 14.1. The third-order valence-corrected chi connectivity index (χ3v) is 3.66. The molecule has 136 valence electrons. The summed E-state index contributed by atoms with van der Waals surface area (Å²) in [4.78, 5) is 17.8. The van der Waals surface area contributed by atoms with Crippen LogP contribution in [0.5, 0.6) is 0 Å². The molecule has 2 rings (SSSR count). The van der Waals surface area contributed by atoms with Crippen LogP contribution in [0.25, 0.3) is 0 Å². The molecule has 1 aromatic heterocycles. The van der Waals surface area contributed by atoms with Crippen LogP contribution in [-0.2, 0) is 6.54 Å². The van der Waals surface area contributed by atoms with Gasteiger partial charge < -0.3 is 9.84 Å². The molecule has 0 saturated carbocycles. The van der Waals surface area contributed by atoms with Crippen LogP contribution in [0.3, 0.4) is 0 Å². The van der Waals surface area contributed by atoms with Crippen molar-refractivity contribution >= 4 is 5.91 Å². The van der Waals surface area contributed by atoms with E-state index in [-0.39, 0.29) is 11.6 Å². The third kappa shape index (κ3) is 5.56. The van der Waals surface area contributed by atoms with E-state index < -0.39 is 18.6 Å². The number of aryl methyl sites for hydroxylation is 1. The van der Waals surface area contributed by atoms with Crippen molar-refractivity contribution in [3.63, 3.8) is 0 Å². The van der Waals surface area contributed by atoms with E-state index in [1.807, 2.05) is 24.2 Å². The molecule has 0 aliphatic rings. The number of aromatic nitrogens is 2. The van der Waals surface area contributed by atoms with Gasteiger partial charge in [0.05, 0.1) is 6.04 Å². The van der Waals surface area contributed by atoms with E-state index in [4.69, 9.17) is 4.52 Å². The van der Waals surface area contributed by atoms with Gasteiger partial charge in [0.2, 0.25) is 5.89 Å². The van der Waals surface area contributed by atoms with Crippen LogP contribution in [0, 0.1) is 6.92 Å². The van der Waals surface area contributed by atoms with Gasteiger partial charge in [-0.3, -0.25) is 9.69 Å². The van der Waals surface area contributed by atoms with Crippen molar-refractivity contribution in [1.82, 2.24) is 20.4 Å². The predicted octanol–water partition coefficient (Wildman–Crippen LogP) is 2.86. The normalized spacial score (nSPS) is 13.1. The van der Waals surface area contributed by atoms with E-state index in [1.54, 1.807) is 19.1 Å². The summed E-state index contributed by atoms with van der Waals surface area (Å²) in [6, 6.07) is 6.29. The van der Waals surface area contributed by atoms with Crippen LogP contribution in [0.1, 0.15) is 40.6 Å². The van der Waals surface area contributed by atoms with Crippen molar-refractivity contribution in [3.8, 4) is 0 Å². The Kier molecular flexibility index (Phi) is 5.78. The molecule has 6 nitrogen and oxygen atoms in total. The Hall–Kier alpha value is -2.42. The van der Waals surface area contributed by atoms with Gasteiger partial charge in [-0.1, -0.05) is 17.3 Å². The van der Waals surface area contributed by atoms with E-state index in [1.165, 1.54) is 12.1 Å². The van der Waals surface area contributed by atoms with Gasteiger partial charge in [0.1, 0.15) is 6.54 Å². The van der Waals surface area contributed by atoms with Crippen LogP contribution in [-0.4, -0.2) is 40.7 Å². The summed E-state index contributed by atoms with van der Waals surface area (Å²) in [5, 5.41) is 5.59. The molecule has 1 atom stereocenters. The van der Waals surface area contributed by atoms with E-state index in [9.17, 15) is 18.0 Å². The fourth-order valence-electron chi connectivity index (χ4n) is 2.14. The second-order valence-electron chi connectivity index (χ2n) is 5.77. The highest BCUT2D eigenvalue weighted by Gasteiger charge is 2.27. The molecule has 1 unspecified atom stereocenters. The number of halogens is 3. The van der Waals surface area contributed by atoms with Crippen LogP contribution in [0.4, 0.5) is 13.2 Å². The number of carbonyl (C=O) groups excluding carboxylic acids is 1. The molecule has 0 aliphatic carbocycles. The lowest BCUT2D eigenvalue weighted by molar-refractivity contribution is -0.123. The van der Waals surface area contributed by atoms with Gasteiger partial charge >= 0.3 is 6.18 Å². The first-order chi connectivity index (χ1) is 11.7. The molecule has 1 aromatic carbocycles. The first kappa shape index (κ1) is 18.9. The topological polar surface area (TPSA) is 71.3 Å². The zero-order valence-electron chi connectivity index (χ0n) is 14.1. The lowest BCUT2D eigenvalue weighted by atomic mass is 10.1. The lowest BCUT2D eigenvalue weighted by Crippen LogP contribution is -2.33. The first-order valence-electron chi connectivity index (χ1n) is 7.60. The minimum Gasteiger partial charge on any atom is -0.343 e. The Morgan fingerprint density at radius 1 is 1.32 bits per heavy atom. The van der Waals surface area contributed by atoms with Gasteiger partial charge in [0.15, 0.2) is 5.82 Å². The fraction of sp³-hybridized carbons (Fsp3) is 0.438. The molecule has 0 radical (unpaired) electrons. The number of nitrogens with zero attached hydrogens (tertiary/aromatic N) is 3. The molecule has 0 aliphatic heterocycles. The largest absolute Gasteiger partial charge is 0.405 e. The van der Waals surface area contributed by atoms with Crippen molar-refractivity contribution in [3.05, 3.63) is 47.1 Å². The van der Waals surface area contributed by atoms with Crippen LogP contribution < -0.4 is 5.32 Å². The molecule has 9 heteroatoms. The predicted molar refractivity (Wildman–Crippen MR) is 83.7 cm³/mol. The van der Waals surface area contributed by atoms with E-state index in [2.05, 4.69) is 10.1 Å². The minimum atomic E-state index is -4.43. The van der Waals surface area contributed by atoms with E-state index in [0.29, 0.717) is 18.3 Å². The molecule has 0 bridgehead atoms. The summed E-state index contributed by atoms with van der Waals surface area (Å²) >= 11 is 0. The maximum Gasteiger partial charge on any atom is 0.405 e. The van der Waals surface area contributed by atoms with Crippen molar-refractivity contribution in [2.24, 2.45) is 0 Å². The van der Waals surface area contributed by atoms with Gasteiger partial charge in [0.25, 0.3) is 5.91 Å². The number of hydrogen-bond acceptors (Lipinski definition) is 5. The zero-order chi connectivity index (χ0) is 18.6. The Labute approximate surface area is 143 Å². The van der Waals surface area contributed by atoms with Crippen molar-refractivity contribution in [2.75, 3.05) is 13.6 Å². The summed E-state index contributed by atoms with van der Waals surface area (Å²) < 4.78 is 41.5. The molecule has 2 aromatic rings. The highest BCUT2D eigenvalue weighted by molar-refractivity contribution is 5.94. The molecular weight excluding hydrogens is 337 g/mol. The molecule has 25 heavy (non-hydrogen) atoms. The molecule has 1 heterocycles. The number of carbonyl (C=O) groups is 1. The van der Waals surface area contributed by atoms with Crippen molar-refractivity contribution in [2.45, 2.75) is 32.6 Å². The lowest BCUT2D eigenvalue weighted by Gasteiger charge is -2.21. The van der Waals surface area contributed by atoms with E-state index in [0.717, 1.165) is 5.56 Å². The summed E-state index contributed by atoms with van der Waals surface area (Å²) in [6.45, 7) is 2.86. The van der Waals surface area contributed by atoms with Crippen molar-refractivity contribution < 1.29 is 22.5 Å². The standard InChI is InChI=1S/C16H19F3N4O2/c1-10(15-21-11(2)22-25-15)23(3)8-12-4-6-13(7-5-12)14(24)20-9-16(17,18)19/h4-7,10H,8-9H2,1-3H3,(H,20,24). The Balaban J connectivity index is 1.94. The quantitative estimate of drug-likeness (QED) is 0.862. The number of rotatable bonds is 6. The molecule has 0 saturated heterocycles. The van der Waals surface area contributed by atoms with Gasteiger partial charge in [-0.2, -0.15) is 18.2 Å². The molecule has 1 amide bonds. The average molecular weight is 356 g/mol. The fourth-order valence-corrected chi connectivity index (χ4v) is 2.14. The second-order valence-corrected chi connectivity index (χ2v) is 5.77. The average Bonchev–Trinajstić information content (AvgIpc) is 2.98. The second kappa shape index (κ2) is 7.64. The van der Waals surface area contributed by atoms with E-state index >= 15 is 0 Å². The first-order valence-corrected chi connectivity index (χ1v) is 7.60. The molecule has 0 spiro atoms. The Bertz CT molecular complexity index is 713. The summed E-state index contributed by atoms with van der Waals surface area (Å²) in [5.74, 6) is 0.305. The van der Waals surface area contributed by atoms with Crippen LogP contribution in [0.2, 0.25) is 0 Å². The summed E-state index contributed by atoms with van der Waals surface area (Å²) in [5.41, 5.74) is 1.08. The highest BCUT2D eigenvalue weighted by atomic mass is 19.4. The Morgan fingerprint density at radius 3 is 2.48 bits per heavy atom. The number of benzene rings is 1. The molecular formula is C16H19F3N4O2. The number of amides is 1. The minimum absolute atomic E-state index is 0.101. The van der Waals surface area contributed by atoms with Gasteiger partial charge in [-0.05, 0) is 38.6 Å². The SMILES string of the molecule is Cc1noc(C(C)N(C)Cc2ccc(C(=O)NCC(F)(F)F)cc2)n1. The highest BCUT2D eigenvalue weighted by Crippen LogP contribution is 2.19. The summed E-state index contributed by atoms with van der Waals surface area (Å²) in [7, 11) is 1.88. The summed E-state index contributed by atoms with van der Waals surface area (Å²) in [6.07, 6.45) is -4.43.